The minimum Gasteiger partial charge on any atom is -0.465 e. The van der Waals surface area contributed by atoms with Crippen molar-refractivity contribution in [2.75, 3.05) is 20.2 Å². The van der Waals surface area contributed by atoms with E-state index in [2.05, 4.69) is 54.8 Å². The number of aromatic nitrogens is 6. The van der Waals surface area contributed by atoms with E-state index < -0.39 is 24.3 Å². The van der Waals surface area contributed by atoms with Gasteiger partial charge in [-0.1, -0.05) is 92.7 Å². The number of alkyl carbamates (subject to hydrolysis) is 1. The van der Waals surface area contributed by atoms with Gasteiger partial charge in [0.05, 0.1) is 55.0 Å². The van der Waals surface area contributed by atoms with Crippen molar-refractivity contribution >= 4 is 24.0 Å². The molecule has 2 aliphatic heterocycles. The summed E-state index contributed by atoms with van der Waals surface area (Å²) in [5, 5.41) is 14.4. The molecule has 16 heteroatoms. The molecule has 3 aromatic carbocycles. The second-order valence-corrected chi connectivity index (χ2v) is 16.5. The number of likely N-dealkylation sites (tertiary alicyclic amines) is 2. The fourth-order valence-electron chi connectivity index (χ4n) is 8.65. The average molecular weight is 853 g/mol. The number of carbonyl (C=O) groups is 4. The minimum absolute atomic E-state index is 0.194. The molecule has 5 heterocycles. The van der Waals surface area contributed by atoms with E-state index in [0.717, 1.165) is 64.9 Å². The summed E-state index contributed by atoms with van der Waals surface area (Å²) in [5.74, 6) is 0.714. The van der Waals surface area contributed by atoms with Crippen LogP contribution in [0.25, 0.3) is 33.6 Å². The second kappa shape index (κ2) is 18.8. The second-order valence-electron chi connectivity index (χ2n) is 16.5. The number of imidazole rings is 3. The van der Waals surface area contributed by atoms with Gasteiger partial charge in [0.1, 0.15) is 23.7 Å². The number of methoxy groups -OCH3 is 1. The Morgan fingerprint density at radius 1 is 0.746 bits per heavy atom. The Morgan fingerprint density at radius 2 is 1.29 bits per heavy atom. The van der Waals surface area contributed by atoms with Crippen LogP contribution < -0.4 is 10.6 Å². The molecular formula is C47H52N10O6. The number of hydrogen-bond donors (Lipinski definition) is 5. The van der Waals surface area contributed by atoms with Gasteiger partial charge in [-0.05, 0) is 59.4 Å². The Kier molecular flexibility index (Phi) is 12.7. The number of hydrogen-bond acceptors (Lipinski definition) is 8. The van der Waals surface area contributed by atoms with Crippen LogP contribution in [0, 0.1) is 5.92 Å². The first-order chi connectivity index (χ1) is 30.5. The number of rotatable bonds is 14. The number of aromatic amines is 2. The normalized spacial score (nSPS) is 17.1. The lowest BCUT2D eigenvalue weighted by atomic mass is 10.0. The summed E-state index contributed by atoms with van der Waals surface area (Å²) in [6, 6.07) is 24.2. The van der Waals surface area contributed by atoms with Crippen LogP contribution in [-0.2, 0) is 27.3 Å². The van der Waals surface area contributed by atoms with Crippen molar-refractivity contribution in [3.8, 4) is 33.6 Å². The molecular weight excluding hydrogens is 801 g/mol. The number of carbonyl (C=O) groups excluding carboxylic acids is 3. The molecule has 0 saturated carbocycles. The number of benzene rings is 3. The number of carboxylic acid groups (broad SMARTS) is 1. The summed E-state index contributed by atoms with van der Waals surface area (Å²) in [5.41, 5.74) is 7.43. The van der Waals surface area contributed by atoms with Gasteiger partial charge in [-0.2, -0.15) is 0 Å². The number of nitrogens with zero attached hydrogens (tertiary/aromatic N) is 6. The summed E-state index contributed by atoms with van der Waals surface area (Å²) < 4.78 is 6.85. The van der Waals surface area contributed by atoms with Crippen molar-refractivity contribution in [2.24, 2.45) is 5.92 Å². The zero-order valence-electron chi connectivity index (χ0n) is 35.5. The molecule has 2 saturated heterocycles. The number of H-pyrrole nitrogens is 2. The minimum atomic E-state index is -1.22. The maximum atomic E-state index is 14.1. The third-order valence-electron chi connectivity index (χ3n) is 11.9. The van der Waals surface area contributed by atoms with Gasteiger partial charge in [-0.15, -0.1) is 0 Å². The molecule has 5 N–H and O–H groups in total. The standard InChI is InChI=1S/C47H52N10O6/c1-29(2)41(54-46(60)61)45(59)57-22-8-12-40(57)43-49-25-38(52-43)34-19-15-32(16-20-34)31-13-17-33(18-14-31)37-24-48-42(51-37)39-11-7-21-56(39)44(58)36(53-47(62)63-3)23-35-27-55(28-50-35)26-30-9-5-4-6-10-30/h4-6,9-10,13-20,24-25,27-29,36,39-41,54H,7-8,11-12,21-23,26H2,1-3H3,(H,48,51)(H,49,52)(H,53,62)(H,60,61)/t36-,39-,40-,41-/m0/s1. The van der Waals surface area contributed by atoms with E-state index in [0.29, 0.717) is 37.0 Å². The van der Waals surface area contributed by atoms with Crippen LogP contribution in [0.15, 0.2) is 104 Å². The van der Waals surface area contributed by atoms with Crippen LogP contribution in [0.2, 0.25) is 0 Å². The van der Waals surface area contributed by atoms with Crippen molar-refractivity contribution in [3.63, 3.8) is 0 Å². The first-order valence-electron chi connectivity index (χ1n) is 21.3. The van der Waals surface area contributed by atoms with Crippen LogP contribution in [0.1, 0.15) is 74.5 Å². The summed E-state index contributed by atoms with van der Waals surface area (Å²) >= 11 is 0. The summed E-state index contributed by atoms with van der Waals surface area (Å²) in [6.07, 6.45) is 8.58. The van der Waals surface area contributed by atoms with Gasteiger partial charge in [-0.3, -0.25) is 9.59 Å². The zero-order valence-corrected chi connectivity index (χ0v) is 35.5. The molecule has 0 radical (unpaired) electrons. The Labute approximate surface area is 365 Å². The highest BCUT2D eigenvalue weighted by molar-refractivity contribution is 5.87. The molecule has 63 heavy (non-hydrogen) atoms. The third-order valence-corrected chi connectivity index (χ3v) is 11.9. The fourth-order valence-corrected chi connectivity index (χ4v) is 8.65. The van der Waals surface area contributed by atoms with Crippen molar-refractivity contribution in [2.45, 2.75) is 76.7 Å². The summed E-state index contributed by atoms with van der Waals surface area (Å²) in [4.78, 5) is 75.7. The summed E-state index contributed by atoms with van der Waals surface area (Å²) in [7, 11) is 1.28. The van der Waals surface area contributed by atoms with Crippen molar-refractivity contribution in [3.05, 3.63) is 127 Å². The van der Waals surface area contributed by atoms with Crippen molar-refractivity contribution < 1.29 is 29.0 Å². The SMILES string of the molecule is COC(=O)N[C@@H](Cc1cn(Cc2ccccc2)cn1)C(=O)N1CCC[C@H]1c1ncc(-c2ccc(-c3ccc(-c4cnc([C@@H]5CCCN5C(=O)[C@@H](NC(=O)O)C(C)C)[nH]4)cc3)cc2)[nH]1. The lowest BCUT2D eigenvalue weighted by molar-refractivity contribution is -0.135. The first kappa shape index (κ1) is 42.5. The van der Waals surface area contributed by atoms with Crippen LogP contribution >= 0.6 is 0 Å². The molecule has 0 aliphatic carbocycles. The average Bonchev–Trinajstić information content (AvgIpc) is 4.15. The van der Waals surface area contributed by atoms with E-state index in [1.807, 2.05) is 79.2 Å². The van der Waals surface area contributed by atoms with Crippen LogP contribution in [-0.4, -0.2) is 101 Å². The van der Waals surface area contributed by atoms with Crippen molar-refractivity contribution in [1.82, 2.24) is 49.9 Å². The van der Waals surface area contributed by atoms with E-state index >= 15 is 0 Å². The Bertz CT molecular complexity index is 2530. The van der Waals surface area contributed by atoms with E-state index in [9.17, 15) is 24.3 Å². The largest absolute Gasteiger partial charge is 0.465 e. The monoisotopic (exact) mass is 852 g/mol. The van der Waals surface area contributed by atoms with Gasteiger partial charge >= 0.3 is 12.2 Å². The molecule has 16 nitrogen and oxygen atoms in total. The first-order valence-corrected chi connectivity index (χ1v) is 21.3. The number of nitrogens with one attached hydrogen (secondary N) is 4. The quantitative estimate of drug-likeness (QED) is 0.0767. The molecule has 2 fully saturated rings. The lowest BCUT2D eigenvalue weighted by Gasteiger charge is -2.29. The Hall–Kier alpha value is -7.23. The van der Waals surface area contributed by atoms with Crippen LogP contribution in [0.5, 0.6) is 0 Å². The smallest absolute Gasteiger partial charge is 0.407 e. The van der Waals surface area contributed by atoms with Crippen LogP contribution in [0.4, 0.5) is 9.59 Å². The highest BCUT2D eigenvalue weighted by Gasteiger charge is 2.38. The summed E-state index contributed by atoms with van der Waals surface area (Å²) in [6.45, 7) is 5.37. The van der Waals surface area contributed by atoms with Crippen LogP contribution in [0.3, 0.4) is 0 Å². The Balaban J connectivity index is 0.908. The van der Waals surface area contributed by atoms with Gasteiger partial charge in [-0.25, -0.2) is 24.5 Å². The van der Waals surface area contributed by atoms with Gasteiger partial charge < -0.3 is 44.8 Å². The van der Waals surface area contributed by atoms with E-state index in [4.69, 9.17) is 9.72 Å². The zero-order chi connectivity index (χ0) is 44.0. The third kappa shape index (κ3) is 9.64. The molecule has 0 spiro atoms. The molecule has 0 bridgehead atoms. The highest BCUT2D eigenvalue weighted by atomic mass is 16.5. The van der Waals surface area contributed by atoms with Gasteiger partial charge in [0, 0.05) is 32.3 Å². The van der Waals surface area contributed by atoms with Gasteiger partial charge in [0.15, 0.2) is 0 Å². The molecule has 8 rings (SSSR count). The maximum absolute atomic E-state index is 14.1. The van der Waals surface area contributed by atoms with E-state index in [1.165, 1.54) is 7.11 Å². The van der Waals surface area contributed by atoms with E-state index in [1.54, 1.807) is 28.5 Å². The van der Waals surface area contributed by atoms with Crippen molar-refractivity contribution in [1.29, 1.82) is 0 Å². The topological polar surface area (TPSA) is 203 Å². The molecule has 2 aliphatic rings. The predicted molar refractivity (Wildman–Crippen MR) is 235 cm³/mol. The molecule has 3 aromatic heterocycles. The fraction of sp³-hybridized carbons (Fsp3) is 0.340. The predicted octanol–water partition coefficient (Wildman–Crippen LogP) is 6.97. The number of ether oxygens (including phenoxy) is 1. The highest BCUT2D eigenvalue weighted by Crippen LogP contribution is 2.35. The Morgan fingerprint density at radius 3 is 1.81 bits per heavy atom. The molecule has 4 amide bonds. The molecule has 4 atom stereocenters. The number of amides is 4. The lowest BCUT2D eigenvalue weighted by Crippen LogP contribution is -2.50. The molecule has 326 valence electrons. The van der Waals surface area contributed by atoms with Gasteiger partial charge in [0.25, 0.3) is 0 Å². The van der Waals surface area contributed by atoms with E-state index in [-0.39, 0.29) is 36.2 Å². The molecule has 0 unspecified atom stereocenters. The van der Waals surface area contributed by atoms with Gasteiger partial charge in [0.2, 0.25) is 11.8 Å². The maximum Gasteiger partial charge on any atom is 0.407 e. The molecule has 6 aromatic rings.